The molecule has 0 aliphatic rings. The molecule has 1 amide bonds. The van der Waals surface area contributed by atoms with E-state index in [-0.39, 0.29) is 17.4 Å². The van der Waals surface area contributed by atoms with E-state index in [1.807, 2.05) is 0 Å². The van der Waals surface area contributed by atoms with Gasteiger partial charge < -0.3 is 21.3 Å². The SMILES string of the molecule is CCN(CC)c1ccc(CNCCNC(=O)c2nonc2N)cc1. The fourth-order valence-corrected chi connectivity index (χ4v) is 2.35. The lowest BCUT2D eigenvalue weighted by Gasteiger charge is -2.21. The molecule has 0 saturated heterocycles. The molecule has 0 aliphatic carbocycles. The maximum Gasteiger partial charge on any atom is 0.277 e. The Bertz CT molecular complexity index is 636. The molecule has 0 aliphatic heterocycles. The van der Waals surface area contributed by atoms with Crippen molar-refractivity contribution in [1.82, 2.24) is 20.9 Å². The summed E-state index contributed by atoms with van der Waals surface area (Å²) in [7, 11) is 0. The Kier molecular flexibility index (Phi) is 6.56. The van der Waals surface area contributed by atoms with Crippen LogP contribution in [0.3, 0.4) is 0 Å². The highest BCUT2D eigenvalue weighted by atomic mass is 16.6. The van der Waals surface area contributed by atoms with Crippen LogP contribution < -0.4 is 21.3 Å². The number of carbonyl (C=O) groups excluding carboxylic acids is 1. The van der Waals surface area contributed by atoms with Crippen molar-refractivity contribution in [3.63, 3.8) is 0 Å². The van der Waals surface area contributed by atoms with Gasteiger partial charge in [0, 0.05) is 38.4 Å². The van der Waals surface area contributed by atoms with E-state index in [9.17, 15) is 4.79 Å². The predicted molar refractivity (Wildman–Crippen MR) is 92.8 cm³/mol. The van der Waals surface area contributed by atoms with Gasteiger partial charge in [0.15, 0.2) is 0 Å². The second-order valence-corrected chi connectivity index (χ2v) is 5.27. The monoisotopic (exact) mass is 332 g/mol. The minimum atomic E-state index is -0.390. The molecule has 0 saturated carbocycles. The van der Waals surface area contributed by atoms with Gasteiger partial charge in [-0.15, -0.1) is 0 Å². The van der Waals surface area contributed by atoms with Crippen LogP contribution in [0, 0.1) is 0 Å². The molecular formula is C16H24N6O2. The van der Waals surface area contributed by atoms with Gasteiger partial charge in [-0.25, -0.2) is 4.63 Å². The summed E-state index contributed by atoms with van der Waals surface area (Å²) in [5.74, 6) is -0.395. The number of hydrogen-bond acceptors (Lipinski definition) is 7. The summed E-state index contributed by atoms with van der Waals surface area (Å²) in [6.45, 7) is 8.13. The molecule has 1 aromatic carbocycles. The van der Waals surface area contributed by atoms with E-state index in [2.05, 4.69) is 68.6 Å². The fraction of sp³-hybridized carbons (Fsp3) is 0.438. The van der Waals surface area contributed by atoms with Crippen LogP contribution in [0.25, 0.3) is 0 Å². The zero-order chi connectivity index (χ0) is 17.4. The summed E-state index contributed by atoms with van der Waals surface area (Å²) in [6.07, 6.45) is 0. The first-order chi connectivity index (χ1) is 11.7. The zero-order valence-corrected chi connectivity index (χ0v) is 14.1. The maximum atomic E-state index is 11.7. The van der Waals surface area contributed by atoms with Gasteiger partial charge in [-0.3, -0.25) is 4.79 Å². The van der Waals surface area contributed by atoms with E-state index in [4.69, 9.17) is 5.73 Å². The van der Waals surface area contributed by atoms with Crippen molar-refractivity contribution in [2.24, 2.45) is 0 Å². The quantitative estimate of drug-likeness (QED) is 0.588. The Morgan fingerprint density at radius 2 is 1.88 bits per heavy atom. The Morgan fingerprint density at radius 1 is 1.17 bits per heavy atom. The lowest BCUT2D eigenvalue weighted by atomic mass is 10.2. The number of nitrogens with two attached hydrogens (primary N) is 1. The molecule has 2 aromatic rings. The highest BCUT2D eigenvalue weighted by Gasteiger charge is 2.14. The van der Waals surface area contributed by atoms with Crippen molar-refractivity contribution in [2.75, 3.05) is 36.8 Å². The highest BCUT2D eigenvalue weighted by molar-refractivity contribution is 5.95. The number of nitrogens with zero attached hydrogens (tertiary/aromatic N) is 3. The van der Waals surface area contributed by atoms with Crippen LogP contribution in [0.5, 0.6) is 0 Å². The average molecular weight is 332 g/mol. The van der Waals surface area contributed by atoms with E-state index in [1.165, 1.54) is 11.3 Å². The van der Waals surface area contributed by atoms with Crippen molar-refractivity contribution in [1.29, 1.82) is 0 Å². The molecule has 24 heavy (non-hydrogen) atoms. The van der Waals surface area contributed by atoms with Crippen LogP contribution in [0.15, 0.2) is 28.9 Å². The zero-order valence-electron chi connectivity index (χ0n) is 14.1. The summed E-state index contributed by atoms with van der Waals surface area (Å²) < 4.78 is 4.39. The first kappa shape index (κ1) is 17.7. The summed E-state index contributed by atoms with van der Waals surface area (Å²) in [6, 6.07) is 8.49. The molecule has 0 unspecified atom stereocenters. The molecule has 0 radical (unpaired) electrons. The Hall–Kier alpha value is -2.61. The number of hydrogen-bond donors (Lipinski definition) is 3. The number of carbonyl (C=O) groups is 1. The molecule has 1 aromatic heterocycles. The van der Waals surface area contributed by atoms with E-state index in [1.54, 1.807) is 0 Å². The third-order valence-electron chi connectivity index (χ3n) is 3.71. The smallest absolute Gasteiger partial charge is 0.277 e. The largest absolute Gasteiger partial charge is 0.379 e. The van der Waals surface area contributed by atoms with Gasteiger partial charge in [-0.05, 0) is 41.9 Å². The number of aromatic nitrogens is 2. The topological polar surface area (TPSA) is 109 Å². The summed E-state index contributed by atoms with van der Waals surface area (Å²) >= 11 is 0. The van der Waals surface area contributed by atoms with Crippen LogP contribution in [0.1, 0.15) is 29.9 Å². The van der Waals surface area contributed by atoms with Crippen LogP contribution >= 0.6 is 0 Å². The molecule has 0 fully saturated rings. The molecule has 2 rings (SSSR count). The van der Waals surface area contributed by atoms with Crippen molar-refractivity contribution >= 4 is 17.4 Å². The standard InChI is InChI=1S/C16H24N6O2/c1-3-22(4-2)13-7-5-12(6-8-13)11-18-9-10-19-16(23)14-15(17)21-24-20-14/h5-8,18H,3-4,9-11H2,1-2H3,(H2,17,21)(H,19,23). The predicted octanol–water partition coefficient (Wildman–Crippen LogP) is 1.02. The molecule has 130 valence electrons. The number of amides is 1. The molecule has 8 heteroatoms. The number of nitrogen functional groups attached to an aromatic ring is 1. The molecule has 0 atom stereocenters. The lowest BCUT2D eigenvalue weighted by molar-refractivity contribution is 0.0944. The van der Waals surface area contributed by atoms with Gasteiger partial charge in [0.2, 0.25) is 11.5 Å². The third kappa shape index (κ3) is 4.69. The van der Waals surface area contributed by atoms with Gasteiger partial charge in [-0.1, -0.05) is 12.1 Å². The van der Waals surface area contributed by atoms with Crippen molar-refractivity contribution in [3.8, 4) is 0 Å². The average Bonchev–Trinajstić information content (AvgIpc) is 3.03. The van der Waals surface area contributed by atoms with Gasteiger partial charge in [0.25, 0.3) is 5.91 Å². The van der Waals surface area contributed by atoms with Crippen LogP contribution in [-0.2, 0) is 6.54 Å². The lowest BCUT2D eigenvalue weighted by Crippen LogP contribution is -2.32. The molecule has 4 N–H and O–H groups in total. The number of benzene rings is 1. The summed E-state index contributed by atoms with van der Waals surface area (Å²) in [4.78, 5) is 14.0. The van der Waals surface area contributed by atoms with Gasteiger partial charge in [0.1, 0.15) is 0 Å². The molecular weight excluding hydrogens is 308 g/mol. The van der Waals surface area contributed by atoms with Gasteiger partial charge in [-0.2, -0.15) is 0 Å². The van der Waals surface area contributed by atoms with E-state index in [0.29, 0.717) is 13.1 Å². The summed E-state index contributed by atoms with van der Waals surface area (Å²) in [5, 5.41) is 12.8. The number of rotatable bonds is 9. The van der Waals surface area contributed by atoms with E-state index < -0.39 is 0 Å². The van der Waals surface area contributed by atoms with Crippen LogP contribution in [0.2, 0.25) is 0 Å². The third-order valence-corrected chi connectivity index (χ3v) is 3.71. The molecule has 0 bridgehead atoms. The van der Waals surface area contributed by atoms with Crippen molar-refractivity contribution in [3.05, 3.63) is 35.5 Å². The fourth-order valence-electron chi connectivity index (χ4n) is 2.35. The van der Waals surface area contributed by atoms with Gasteiger partial charge in [0.05, 0.1) is 0 Å². The maximum absolute atomic E-state index is 11.7. The number of anilines is 2. The molecule has 0 spiro atoms. The number of nitrogens with one attached hydrogen (secondary N) is 2. The van der Waals surface area contributed by atoms with E-state index in [0.717, 1.165) is 19.6 Å². The Balaban J connectivity index is 1.69. The highest BCUT2D eigenvalue weighted by Crippen LogP contribution is 2.14. The Labute approximate surface area is 141 Å². The first-order valence-corrected chi connectivity index (χ1v) is 8.06. The second kappa shape index (κ2) is 8.88. The normalized spacial score (nSPS) is 10.6. The van der Waals surface area contributed by atoms with Crippen molar-refractivity contribution in [2.45, 2.75) is 20.4 Å². The van der Waals surface area contributed by atoms with Crippen LogP contribution in [0.4, 0.5) is 11.5 Å². The molecule has 1 heterocycles. The van der Waals surface area contributed by atoms with Crippen LogP contribution in [-0.4, -0.2) is 42.4 Å². The minimum absolute atomic E-state index is 0.00579. The van der Waals surface area contributed by atoms with Gasteiger partial charge >= 0.3 is 0 Å². The molecule has 8 nitrogen and oxygen atoms in total. The summed E-state index contributed by atoms with van der Waals surface area (Å²) in [5.41, 5.74) is 7.90. The Morgan fingerprint density at radius 3 is 2.46 bits per heavy atom. The second-order valence-electron chi connectivity index (χ2n) is 5.27. The van der Waals surface area contributed by atoms with E-state index >= 15 is 0 Å². The first-order valence-electron chi connectivity index (χ1n) is 8.06. The minimum Gasteiger partial charge on any atom is -0.379 e. The van der Waals surface area contributed by atoms with Crippen molar-refractivity contribution < 1.29 is 9.42 Å².